The average molecular weight is 384 g/mol. The molecule has 0 aromatic rings. The second-order valence-electron chi connectivity index (χ2n) is 6.08. The van der Waals surface area contributed by atoms with Crippen LogP contribution in [-0.2, 0) is 23.7 Å². The molecule has 2 rings (SSSR count). The predicted molar refractivity (Wildman–Crippen MR) is 78.4 cm³/mol. The van der Waals surface area contributed by atoms with Crippen LogP contribution >= 0.6 is 0 Å². The molecule has 2 aliphatic rings. The van der Waals surface area contributed by atoms with Crippen LogP contribution in [0.15, 0.2) is 0 Å². The number of rotatable bonds is 8. The Hall–Kier alpha value is -0.770. The van der Waals surface area contributed by atoms with Crippen LogP contribution in [0.1, 0.15) is 0 Å². The van der Waals surface area contributed by atoms with E-state index in [4.69, 9.17) is 24.1 Å². The van der Waals surface area contributed by atoms with Crippen LogP contribution in [0, 0.1) is 0 Å². The van der Waals surface area contributed by atoms with Gasteiger partial charge in [-0.15, -0.1) is 0 Å². The van der Waals surface area contributed by atoms with Crippen molar-refractivity contribution in [2.45, 2.75) is 54.8 Å². The Morgan fingerprint density at radius 1 is 0.962 bits per heavy atom. The molecule has 0 saturated carbocycles. The topological polar surface area (TPSA) is 196 Å². The van der Waals surface area contributed by atoms with Gasteiger partial charge in [-0.1, -0.05) is 0 Å². The van der Waals surface area contributed by atoms with Crippen molar-refractivity contribution in [3.05, 3.63) is 0 Å². The maximum atomic E-state index is 10.3. The van der Waals surface area contributed by atoms with Crippen LogP contribution in [0.25, 0.3) is 0 Å². The van der Waals surface area contributed by atoms with Crippen LogP contribution in [0.4, 0.5) is 0 Å². The van der Waals surface area contributed by atoms with E-state index < -0.39 is 68.0 Å². The number of ether oxygens (including phenoxy) is 4. The third kappa shape index (κ3) is 4.05. The Morgan fingerprint density at radius 3 is 2.19 bits per heavy atom. The minimum Gasteiger partial charge on any atom is -0.394 e. The van der Waals surface area contributed by atoms with Gasteiger partial charge < -0.3 is 59.5 Å². The van der Waals surface area contributed by atoms with E-state index in [0.717, 1.165) is 0 Å². The summed E-state index contributed by atoms with van der Waals surface area (Å²) < 4.78 is 20.7. The van der Waals surface area contributed by atoms with Crippen LogP contribution in [0.5, 0.6) is 0 Å². The molecule has 26 heavy (non-hydrogen) atoms. The molecule has 0 aliphatic carbocycles. The molecule has 12 nitrogen and oxygen atoms in total. The average Bonchev–Trinajstić information content (AvgIpc) is 2.88. The summed E-state index contributed by atoms with van der Waals surface area (Å²) in [6, 6.07) is 0. The molecular weight excluding hydrogens is 360 g/mol. The summed E-state index contributed by atoms with van der Waals surface area (Å²) in [5.74, 6) is -2.24. The highest BCUT2D eigenvalue weighted by Crippen LogP contribution is 2.35. The first kappa shape index (κ1) is 21.5. The molecule has 2 heterocycles. The van der Waals surface area contributed by atoms with Gasteiger partial charge in [0.05, 0.1) is 13.2 Å². The summed E-state index contributed by atoms with van der Waals surface area (Å²) in [5, 5.41) is 68.6. The third-order valence-corrected chi connectivity index (χ3v) is 4.36. The number of aldehydes is 1. The van der Waals surface area contributed by atoms with Crippen molar-refractivity contribution in [3.63, 3.8) is 0 Å². The first-order valence-electron chi connectivity index (χ1n) is 7.95. The molecule has 7 N–H and O–H groups in total. The first-order valence-corrected chi connectivity index (χ1v) is 7.95. The van der Waals surface area contributed by atoms with Gasteiger partial charge >= 0.3 is 0 Å². The lowest BCUT2D eigenvalue weighted by molar-refractivity contribution is -0.384. The lowest BCUT2D eigenvalue weighted by Gasteiger charge is -2.43. The van der Waals surface area contributed by atoms with Gasteiger partial charge in [-0.2, -0.15) is 0 Å². The van der Waals surface area contributed by atoms with Crippen molar-refractivity contribution in [2.24, 2.45) is 0 Å². The zero-order valence-electron chi connectivity index (χ0n) is 13.7. The molecule has 0 unspecified atom stereocenters. The molecule has 0 amide bonds. The largest absolute Gasteiger partial charge is 0.394 e. The fourth-order valence-electron chi connectivity index (χ4n) is 2.85. The molecule has 0 aromatic carbocycles. The van der Waals surface area contributed by atoms with Gasteiger partial charge in [0.15, 0.2) is 6.29 Å². The zero-order chi connectivity index (χ0) is 19.5. The highest BCUT2D eigenvalue weighted by Gasteiger charge is 2.58. The minimum absolute atomic E-state index is 0.288. The van der Waals surface area contributed by atoms with Gasteiger partial charge in [0, 0.05) is 0 Å². The lowest BCUT2D eigenvalue weighted by atomic mass is 9.99. The number of aliphatic hydroxyl groups excluding tert-OH is 7. The second-order valence-corrected chi connectivity index (χ2v) is 6.08. The summed E-state index contributed by atoms with van der Waals surface area (Å²) in [5.41, 5.74) is 0. The summed E-state index contributed by atoms with van der Waals surface area (Å²) >= 11 is 0. The lowest BCUT2D eigenvalue weighted by Crippen LogP contribution is -2.62. The fourth-order valence-corrected chi connectivity index (χ4v) is 2.85. The Kier molecular flexibility index (Phi) is 7.41. The highest BCUT2D eigenvalue weighted by atomic mass is 16.8. The Labute approximate surface area is 148 Å². The van der Waals surface area contributed by atoms with Crippen molar-refractivity contribution in [2.75, 3.05) is 26.4 Å². The maximum Gasteiger partial charge on any atom is 0.224 e. The molecule has 2 aliphatic heterocycles. The summed E-state index contributed by atoms with van der Waals surface area (Å²) in [6.45, 7) is -2.26. The van der Waals surface area contributed by atoms with E-state index >= 15 is 0 Å². The highest BCUT2D eigenvalue weighted by molar-refractivity contribution is 5.50. The number of hydrogen-bond acceptors (Lipinski definition) is 12. The smallest absolute Gasteiger partial charge is 0.224 e. The van der Waals surface area contributed by atoms with E-state index in [1.54, 1.807) is 0 Å². The van der Waals surface area contributed by atoms with E-state index in [1.165, 1.54) is 0 Å². The van der Waals surface area contributed by atoms with Crippen molar-refractivity contribution < 1.29 is 59.5 Å². The van der Waals surface area contributed by atoms with Crippen molar-refractivity contribution in [3.8, 4) is 0 Å². The van der Waals surface area contributed by atoms with Gasteiger partial charge in [0.25, 0.3) is 0 Å². The normalized spacial score (nSPS) is 46.4. The molecule has 2 saturated heterocycles. The quantitative estimate of drug-likeness (QED) is 0.155. The summed E-state index contributed by atoms with van der Waals surface area (Å²) in [6.07, 6.45) is -12.2. The van der Waals surface area contributed by atoms with E-state index in [0.29, 0.717) is 6.29 Å². The molecule has 0 radical (unpaired) electrons. The minimum atomic E-state index is -2.24. The van der Waals surface area contributed by atoms with Gasteiger partial charge in [0.1, 0.15) is 62.2 Å². The number of carbonyl (C=O) groups excluding carboxylic acids is 1. The van der Waals surface area contributed by atoms with Gasteiger partial charge in [-0.25, -0.2) is 0 Å². The predicted octanol–water partition coefficient (Wildman–Crippen LogP) is -5.17. The van der Waals surface area contributed by atoms with E-state index in [1.807, 2.05) is 0 Å². The monoisotopic (exact) mass is 384 g/mol. The van der Waals surface area contributed by atoms with Crippen LogP contribution in [0.2, 0.25) is 0 Å². The molecule has 2 fully saturated rings. The van der Waals surface area contributed by atoms with Crippen molar-refractivity contribution in [1.82, 2.24) is 0 Å². The summed E-state index contributed by atoms with van der Waals surface area (Å²) in [7, 11) is 0. The third-order valence-electron chi connectivity index (χ3n) is 4.36. The van der Waals surface area contributed by atoms with Crippen molar-refractivity contribution in [1.29, 1.82) is 0 Å². The maximum absolute atomic E-state index is 10.3. The Bertz CT molecular complexity index is 463. The Balaban J connectivity index is 2.13. The number of aliphatic hydroxyl groups is 7. The van der Waals surface area contributed by atoms with E-state index in [-0.39, 0.29) is 13.2 Å². The van der Waals surface area contributed by atoms with E-state index in [2.05, 4.69) is 0 Å². The first-order chi connectivity index (χ1) is 12.3. The zero-order valence-corrected chi connectivity index (χ0v) is 13.7. The summed E-state index contributed by atoms with van der Waals surface area (Å²) in [4.78, 5) is 10.3. The fraction of sp³-hybridized carbons (Fsp3) is 0.929. The molecule has 0 spiro atoms. The number of hydrogen-bond donors (Lipinski definition) is 7. The standard InChI is InChI=1S/C14H24O12/c15-1-2-23-4-7-8(18)10(20)11(21)13(24-7)26-14(5-17)12(22)9(19)6(3-16)25-14/h1,6-13,16-22H,2-5H2/t6-,7-,8-,9-,10+,11-,12+,13-,14+/m1/s1. The molecule has 152 valence electrons. The van der Waals surface area contributed by atoms with Gasteiger partial charge in [0.2, 0.25) is 5.79 Å². The van der Waals surface area contributed by atoms with E-state index in [9.17, 15) is 35.4 Å². The van der Waals surface area contributed by atoms with Crippen LogP contribution < -0.4 is 0 Å². The molecule has 9 atom stereocenters. The SMILES string of the molecule is O=CCOC[C@H]1O[C@H](O[C@]2(CO)O[C@H](CO)[C@@H](O)[C@@H]2O)[C@H](O)[C@@H](O)[C@@H]1O. The Morgan fingerprint density at radius 2 is 1.65 bits per heavy atom. The molecule has 0 aromatic heterocycles. The van der Waals surface area contributed by atoms with Gasteiger partial charge in [-0.05, 0) is 0 Å². The van der Waals surface area contributed by atoms with Gasteiger partial charge in [-0.3, -0.25) is 0 Å². The molecule has 12 heteroatoms. The molecular formula is C14H24O12. The molecule has 0 bridgehead atoms. The van der Waals surface area contributed by atoms with Crippen LogP contribution in [-0.4, -0.2) is 123 Å². The van der Waals surface area contributed by atoms with Crippen molar-refractivity contribution >= 4 is 6.29 Å². The second kappa shape index (κ2) is 8.95. The number of carbonyl (C=O) groups is 1. The van der Waals surface area contributed by atoms with Crippen LogP contribution in [0.3, 0.4) is 0 Å².